The van der Waals surface area contributed by atoms with Crippen LogP contribution in [-0.2, 0) is 50.1 Å². The molecule has 0 atom stereocenters. The fourth-order valence-corrected chi connectivity index (χ4v) is 10.5. The van der Waals surface area contributed by atoms with Gasteiger partial charge in [0.1, 0.15) is 33.4 Å². The van der Waals surface area contributed by atoms with E-state index in [1.54, 1.807) is 13.0 Å². The molecule has 70 heavy (non-hydrogen) atoms. The van der Waals surface area contributed by atoms with Gasteiger partial charge in [0, 0.05) is 29.7 Å². The Hall–Kier alpha value is -5.15. The van der Waals surface area contributed by atoms with E-state index in [4.69, 9.17) is 26.6 Å². The molecule has 0 saturated heterocycles. The molecule has 0 spiro atoms. The summed E-state index contributed by atoms with van der Waals surface area (Å²) in [4.78, 5) is 24.9. The predicted octanol–water partition coefficient (Wildman–Crippen LogP) is 9.43. The topological polar surface area (TPSA) is 385 Å². The number of anilines is 3. The molecule has 0 aromatic heterocycles. The maximum Gasteiger partial charge on any atom is 0.296 e. The van der Waals surface area contributed by atoms with Gasteiger partial charge >= 0.3 is 0 Å². The highest BCUT2D eigenvalue weighted by atomic mass is 35.5. The molecule has 0 bridgehead atoms. The number of nitrogens with zero attached hydrogens (tertiary/aromatic N) is 6. The van der Waals surface area contributed by atoms with Crippen LogP contribution in [0.1, 0.15) is 45.1 Å². The van der Waals surface area contributed by atoms with E-state index >= 15 is 0 Å². The van der Waals surface area contributed by atoms with Gasteiger partial charge in [0.05, 0.1) is 57.3 Å². The van der Waals surface area contributed by atoms with E-state index in [-0.39, 0.29) is 105 Å². The molecule has 0 aliphatic rings. The van der Waals surface area contributed by atoms with Crippen molar-refractivity contribution >= 4 is 139 Å². The second kappa shape index (κ2) is 25.3. The van der Waals surface area contributed by atoms with Crippen molar-refractivity contribution in [2.45, 2.75) is 61.1 Å². The molecule has 0 saturated carbocycles. The average Bonchev–Trinajstić information content (AvgIpc) is 3.22. The quantitative estimate of drug-likeness (QED) is 0.0107. The zero-order valence-corrected chi connectivity index (χ0v) is 42.8. The zero-order valence-electron chi connectivity index (χ0n) is 37.1. The number of ether oxygens (including phenoxy) is 1. The lowest BCUT2D eigenvalue weighted by molar-refractivity contribution is -0.115. The Balaban J connectivity index is 1.84. The molecule has 0 heterocycles. The average molecular weight is 1110 g/mol. The van der Waals surface area contributed by atoms with Gasteiger partial charge in [0.2, 0.25) is 11.8 Å². The predicted molar refractivity (Wildman–Crippen MR) is 266 cm³/mol. The van der Waals surface area contributed by atoms with Gasteiger partial charge in [-0.05, 0) is 98.2 Å². The van der Waals surface area contributed by atoms with Crippen LogP contribution in [0.5, 0.6) is 5.75 Å². The highest BCUT2D eigenvalue weighted by Crippen LogP contribution is 2.44. The minimum absolute atomic E-state index is 0.000119. The molecule has 0 radical (unpaired) electrons. The largest absolute Gasteiger partial charge is 0.491 e. The summed E-state index contributed by atoms with van der Waals surface area (Å²) in [5, 5.41) is 30.9. The fraction of sp³-hybridized carbons (Fsp3) is 0.333. The van der Waals surface area contributed by atoms with Gasteiger partial charge in [-0.25, -0.2) is 0 Å². The van der Waals surface area contributed by atoms with Gasteiger partial charge in [0.15, 0.2) is 0 Å². The maximum absolute atomic E-state index is 12.6. The molecule has 0 aliphatic heterocycles. The minimum atomic E-state index is -4.75. The van der Waals surface area contributed by atoms with Crippen molar-refractivity contribution in [3.8, 4) is 5.75 Å². The normalized spacial score (nSPS) is 12.6. The van der Waals surface area contributed by atoms with Crippen molar-refractivity contribution in [1.29, 1.82) is 0 Å². The number of rotatable bonds is 25. The number of carbonyl (C=O) groups is 2. The Bertz CT molecular complexity index is 3160. The van der Waals surface area contributed by atoms with Crippen molar-refractivity contribution in [2.24, 2.45) is 30.7 Å². The lowest BCUT2D eigenvalue weighted by Crippen LogP contribution is -2.06. The van der Waals surface area contributed by atoms with Gasteiger partial charge in [-0.3, -0.25) is 27.8 Å². The maximum atomic E-state index is 12.6. The molecule has 24 nitrogen and oxygen atoms in total. The first-order valence-corrected chi connectivity index (χ1v) is 28.8. The molecule has 0 fully saturated rings. The van der Waals surface area contributed by atoms with Crippen molar-refractivity contribution in [2.75, 3.05) is 51.7 Å². The first-order valence-electron chi connectivity index (χ1n) is 20.1. The summed E-state index contributed by atoms with van der Waals surface area (Å²) < 4.78 is 135. The Kier molecular flexibility index (Phi) is 20.8. The second-order valence-corrected chi connectivity index (χ2v) is 23.5. The summed E-state index contributed by atoms with van der Waals surface area (Å²) in [6.45, 7) is 4.19. The second-order valence-electron chi connectivity index (χ2n) is 14.7. The number of carbonyl (C=O) groups excluding carboxylic acids is 2. The van der Waals surface area contributed by atoms with E-state index in [0.29, 0.717) is 16.1 Å². The Morgan fingerprint density at radius 3 is 1.54 bits per heavy atom. The molecular weight excluding hydrogens is 1060 g/mol. The monoisotopic (exact) mass is 1110 g/mol. The highest BCUT2D eigenvalue weighted by Gasteiger charge is 2.19. The number of azo groups is 3. The minimum Gasteiger partial charge on any atom is -0.491 e. The molecule has 2 amide bonds. The third-order valence-corrected chi connectivity index (χ3v) is 14.8. The number of amides is 2. The van der Waals surface area contributed by atoms with Crippen LogP contribution in [0.3, 0.4) is 0 Å². The molecule has 31 heteroatoms. The lowest BCUT2D eigenvalue weighted by Gasteiger charge is -2.13. The van der Waals surface area contributed by atoms with Crippen LogP contribution in [0.2, 0.25) is 5.02 Å². The third kappa shape index (κ3) is 19.9. The highest BCUT2D eigenvalue weighted by molar-refractivity contribution is 7.99. The van der Waals surface area contributed by atoms with E-state index in [1.807, 2.05) is 0 Å². The summed E-state index contributed by atoms with van der Waals surface area (Å²) in [5.41, 5.74) is 7.56. The van der Waals surface area contributed by atoms with E-state index < -0.39 is 74.4 Å². The summed E-state index contributed by atoms with van der Waals surface area (Å²) in [6, 6.07) is 12.2. The number of nitrogen functional groups attached to an aromatic ring is 1. The van der Waals surface area contributed by atoms with Crippen LogP contribution in [0.25, 0.3) is 0 Å². The number of nitrogens with two attached hydrogens (primary N) is 1. The van der Waals surface area contributed by atoms with Crippen LogP contribution >= 0.6 is 35.1 Å². The standard InChI is InChI=1S/C39H46ClN9O15S6/c1-23-16-28(41)36(64-10-4-5-13-67(52,53)54)20-29(23)45-48-34-19-31(43-25(3)51)33(22-38(34)66-12-7-15-69(58,59)60)47-49-35-18-30(42-24(2)50)32(21-37(35)65-11-6-14-68(55,56)57)46-44-26-8-9-27(40)39(17-26)70(61,62)63/h8-9,16-22H,4-7,10-15,41H2,1-3H3,(H,42,50)(H,43,51)(H,52,53,54)(H,55,56,57)(H,58,59,60)(H,61,62,63). The smallest absolute Gasteiger partial charge is 0.296 e. The van der Waals surface area contributed by atoms with Gasteiger partial charge < -0.3 is 21.1 Å². The van der Waals surface area contributed by atoms with Crippen LogP contribution in [-0.4, -0.2) is 99.1 Å². The number of nitrogens with one attached hydrogen (secondary N) is 2. The van der Waals surface area contributed by atoms with E-state index in [9.17, 15) is 56.9 Å². The Morgan fingerprint density at radius 1 is 0.614 bits per heavy atom. The van der Waals surface area contributed by atoms with Crippen molar-refractivity contribution in [3.63, 3.8) is 0 Å². The lowest BCUT2D eigenvalue weighted by atomic mass is 10.1. The summed E-state index contributed by atoms with van der Waals surface area (Å²) in [5.74, 6) is -2.25. The van der Waals surface area contributed by atoms with Crippen LogP contribution in [0.4, 0.5) is 51.2 Å². The van der Waals surface area contributed by atoms with Gasteiger partial charge in [0.25, 0.3) is 40.5 Å². The SMILES string of the molecule is CC(=O)Nc1cc(N=Nc2cc(SCCCS(=O)(=O)O)c(N=Nc3cc(OCCCCS(=O)(=O)O)c(N)cc3C)cc2NC(C)=O)c(SCCCS(=O)(=O)O)cc1N=Nc1ccc(Cl)c(S(=O)(=O)O)c1. The molecule has 4 rings (SSSR count). The molecule has 380 valence electrons. The number of hydrogen-bond acceptors (Lipinski definition) is 20. The van der Waals surface area contributed by atoms with E-state index in [1.165, 1.54) is 56.3 Å². The van der Waals surface area contributed by atoms with Gasteiger partial charge in [-0.1, -0.05) is 11.6 Å². The fourth-order valence-electron chi connectivity index (χ4n) is 5.67. The molecule has 4 aromatic rings. The van der Waals surface area contributed by atoms with Crippen LogP contribution in [0, 0.1) is 6.92 Å². The number of benzene rings is 4. The van der Waals surface area contributed by atoms with Gasteiger partial charge in [-0.15, -0.1) is 44.0 Å². The summed E-state index contributed by atoms with van der Waals surface area (Å²) >= 11 is 8.09. The van der Waals surface area contributed by atoms with Crippen molar-refractivity contribution < 1.29 is 66.2 Å². The molecule has 0 unspecified atom stereocenters. The van der Waals surface area contributed by atoms with Crippen LogP contribution < -0.4 is 21.1 Å². The van der Waals surface area contributed by atoms with E-state index in [0.717, 1.165) is 29.6 Å². The molecule has 4 aromatic carbocycles. The van der Waals surface area contributed by atoms with Crippen molar-refractivity contribution in [3.05, 3.63) is 65.2 Å². The van der Waals surface area contributed by atoms with Crippen LogP contribution in [0.15, 0.2) is 100.0 Å². The molecule has 8 N–H and O–H groups in total. The number of aryl methyl sites for hydroxylation is 1. The number of thioether (sulfide) groups is 2. The van der Waals surface area contributed by atoms with Crippen molar-refractivity contribution in [1.82, 2.24) is 0 Å². The molecule has 0 aliphatic carbocycles. The number of unbranched alkanes of at least 4 members (excludes halogenated alkanes) is 1. The summed E-state index contributed by atoms with van der Waals surface area (Å²) in [7, 11) is -17.5. The first kappa shape index (κ1) is 57.4. The molecular formula is C39H46ClN9O15S6. The van der Waals surface area contributed by atoms with Gasteiger partial charge in [-0.2, -0.15) is 43.9 Å². The van der Waals surface area contributed by atoms with E-state index in [2.05, 4.69) is 41.3 Å². The number of hydrogen-bond donors (Lipinski definition) is 7. The zero-order chi connectivity index (χ0) is 52.0. The Labute approximate surface area is 416 Å². The summed E-state index contributed by atoms with van der Waals surface area (Å²) in [6.07, 6.45) is 0.375. The Morgan fingerprint density at radius 2 is 1.07 bits per heavy atom. The first-order chi connectivity index (χ1) is 32.6. The number of halogens is 1. The third-order valence-electron chi connectivity index (χ3n) is 8.76.